The maximum Gasteiger partial charge on any atom is 0.274 e. The number of H-pyrrole nitrogens is 1. The third-order valence-electron chi connectivity index (χ3n) is 3.09. The van der Waals surface area contributed by atoms with E-state index in [1.54, 1.807) is 0 Å². The van der Waals surface area contributed by atoms with Crippen LogP contribution in [0.3, 0.4) is 0 Å². The number of rotatable bonds is 4. The molecule has 0 atom stereocenters. The van der Waals surface area contributed by atoms with Crippen molar-refractivity contribution in [1.29, 1.82) is 0 Å². The highest BCUT2D eigenvalue weighted by atomic mass is 79.9. The highest BCUT2D eigenvalue weighted by molar-refractivity contribution is 9.10. The lowest BCUT2D eigenvalue weighted by molar-refractivity contribution is 0.874. The Bertz CT molecular complexity index is 816. The van der Waals surface area contributed by atoms with Crippen molar-refractivity contribution < 1.29 is 0 Å². The second-order valence-electron chi connectivity index (χ2n) is 4.74. The topological polar surface area (TPSA) is 70.7 Å². The van der Waals surface area contributed by atoms with E-state index in [4.69, 9.17) is 0 Å². The molecule has 0 bridgehead atoms. The fraction of sp³-hybridized carbons (Fsp3) is 0.0625. The summed E-state index contributed by atoms with van der Waals surface area (Å²) in [7, 11) is 0. The van der Waals surface area contributed by atoms with Crippen LogP contribution in [0, 0.1) is 0 Å². The van der Waals surface area contributed by atoms with Crippen molar-refractivity contribution in [3.63, 3.8) is 0 Å². The predicted molar refractivity (Wildman–Crippen MR) is 89.3 cm³/mol. The largest absolute Gasteiger partial charge is 0.324 e. The Balaban J connectivity index is 1.77. The summed E-state index contributed by atoms with van der Waals surface area (Å²) in [6.45, 7) is 0. The van der Waals surface area contributed by atoms with Crippen LogP contribution in [0.25, 0.3) is 0 Å². The van der Waals surface area contributed by atoms with Crippen molar-refractivity contribution in [1.82, 2.24) is 15.2 Å². The molecule has 1 heterocycles. The minimum absolute atomic E-state index is 0.238. The van der Waals surface area contributed by atoms with Crippen LogP contribution in [0.4, 0.5) is 11.6 Å². The minimum atomic E-state index is -0.238. The number of halogens is 1. The lowest BCUT2D eigenvalue weighted by atomic mass is 10.1. The van der Waals surface area contributed by atoms with Crippen LogP contribution in [0.15, 0.2) is 63.9 Å². The van der Waals surface area contributed by atoms with Crippen LogP contribution >= 0.6 is 15.9 Å². The lowest BCUT2D eigenvalue weighted by Gasteiger charge is -2.05. The molecule has 0 aliphatic heterocycles. The van der Waals surface area contributed by atoms with Crippen LogP contribution < -0.4 is 10.9 Å². The molecule has 0 aliphatic carbocycles. The van der Waals surface area contributed by atoms with Crippen molar-refractivity contribution in [3.05, 3.63) is 80.7 Å². The number of aromatic amines is 1. The van der Waals surface area contributed by atoms with Gasteiger partial charge in [0, 0.05) is 16.6 Å². The molecule has 1 aromatic heterocycles. The Morgan fingerprint density at radius 2 is 1.73 bits per heavy atom. The van der Waals surface area contributed by atoms with Gasteiger partial charge < -0.3 is 5.32 Å². The van der Waals surface area contributed by atoms with Gasteiger partial charge in [0.1, 0.15) is 5.69 Å². The molecule has 110 valence electrons. The van der Waals surface area contributed by atoms with E-state index in [9.17, 15) is 4.79 Å². The Labute approximate surface area is 135 Å². The first-order valence-electron chi connectivity index (χ1n) is 6.73. The maximum atomic E-state index is 12.1. The molecule has 0 fully saturated rings. The lowest BCUT2D eigenvalue weighted by Crippen LogP contribution is -2.18. The molecule has 2 N–H and O–H groups in total. The summed E-state index contributed by atoms with van der Waals surface area (Å²) < 4.78 is 0.982. The average molecular weight is 357 g/mol. The minimum Gasteiger partial charge on any atom is -0.324 e. The quantitative estimate of drug-likeness (QED) is 0.752. The molecule has 0 amide bonds. The number of aromatic nitrogens is 3. The summed E-state index contributed by atoms with van der Waals surface area (Å²) in [4.78, 5) is 14.8. The molecule has 2 aromatic carbocycles. The van der Waals surface area contributed by atoms with Gasteiger partial charge in [-0.25, -0.2) is 0 Å². The van der Waals surface area contributed by atoms with Crippen LogP contribution in [0.5, 0.6) is 0 Å². The Morgan fingerprint density at radius 3 is 2.41 bits per heavy atom. The first-order chi connectivity index (χ1) is 10.7. The number of hydrogen-bond donors (Lipinski definition) is 2. The first-order valence-corrected chi connectivity index (χ1v) is 7.52. The summed E-state index contributed by atoms with van der Waals surface area (Å²) in [5, 5.41) is 11.1. The van der Waals surface area contributed by atoms with E-state index < -0.39 is 0 Å². The first kappa shape index (κ1) is 14.5. The number of nitrogens with zero attached hydrogens (tertiary/aromatic N) is 2. The van der Waals surface area contributed by atoms with Gasteiger partial charge in [0.15, 0.2) is 0 Å². The Morgan fingerprint density at radius 1 is 1.00 bits per heavy atom. The van der Waals surface area contributed by atoms with Gasteiger partial charge in [-0.15, -0.1) is 10.2 Å². The molecule has 22 heavy (non-hydrogen) atoms. The van der Waals surface area contributed by atoms with Crippen molar-refractivity contribution in [2.75, 3.05) is 5.32 Å². The van der Waals surface area contributed by atoms with Crippen LogP contribution in [-0.2, 0) is 6.42 Å². The summed E-state index contributed by atoms with van der Waals surface area (Å²) in [6.07, 6.45) is 0.460. The third kappa shape index (κ3) is 3.59. The predicted octanol–water partition coefficient (Wildman–Crippen LogP) is 3.26. The summed E-state index contributed by atoms with van der Waals surface area (Å²) in [5.74, 6) is 0.323. The fourth-order valence-electron chi connectivity index (χ4n) is 1.99. The van der Waals surface area contributed by atoms with Gasteiger partial charge >= 0.3 is 0 Å². The van der Waals surface area contributed by atoms with Crippen LogP contribution in [0.2, 0.25) is 0 Å². The van der Waals surface area contributed by atoms with Crippen molar-refractivity contribution >= 4 is 27.6 Å². The van der Waals surface area contributed by atoms with Crippen LogP contribution in [0.1, 0.15) is 11.3 Å². The van der Waals surface area contributed by atoms with Crippen molar-refractivity contribution in [2.45, 2.75) is 6.42 Å². The van der Waals surface area contributed by atoms with Gasteiger partial charge in [0.25, 0.3) is 5.56 Å². The number of anilines is 2. The average Bonchev–Trinajstić information content (AvgIpc) is 2.53. The normalized spacial score (nSPS) is 10.4. The summed E-state index contributed by atoms with van der Waals surface area (Å²) in [5.41, 5.74) is 2.01. The second kappa shape index (κ2) is 6.53. The highest BCUT2D eigenvalue weighted by Crippen LogP contribution is 2.16. The molecule has 6 heteroatoms. The van der Waals surface area contributed by atoms with Gasteiger partial charge in [0.2, 0.25) is 5.95 Å². The molecular formula is C16H13BrN4O. The van der Waals surface area contributed by atoms with E-state index in [-0.39, 0.29) is 5.56 Å². The highest BCUT2D eigenvalue weighted by Gasteiger charge is 2.06. The van der Waals surface area contributed by atoms with Crippen LogP contribution in [-0.4, -0.2) is 15.2 Å². The third-order valence-corrected chi connectivity index (χ3v) is 3.61. The van der Waals surface area contributed by atoms with E-state index in [2.05, 4.69) is 36.4 Å². The SMILES string of the molecule is O=c1[nH]c(Nc2ccc(Br)cc2)nnc1Cc1ccccc1. The van der Waals surface area contributed by atoms with Crippen molar-refractivity contribution in [3.8, 4) is 0 Å². The van der Waals surface area contributed by atoms with E-state index in [0.29, 0.717) is 18.1 Å². The van der Waals surface area contributed by atoms with E-state index in [1.165, 1.54) is 0 Å². The molecule has 0 unspecified atom stereocenters. The van der Waals surface area contributed by atoms with Gasteiger partial charge in [-0.05, 0) is 29.8 Å². The van der Waals surface area contributed by atoms with E-state index in [1.807, 2.05) is 54.6 Å². The maximum absolute atomic E-state index is 12.1. The summed E-state index contributed by atoms with van der Waals surface area (Å²) >= 11 is 3.37. The number of nitrogens with one attached hydrogen (secondary N) is 2. The molecule has 0 radical (unpaired) electrons. The Kier molecular flexibility index (Phi) is 4.29. The summed E-state index contributed by atoms with van der Waals surface area (Å²) in [6, 6.07) is 17.3. The monoisotopic (exact) mass is 356 g/mol. The number of benzene rings is 2. The molecule has 0 saturated carbocycles. The standard InChI is InChI=1S/C16H13BrN4O/c17-12-6-8-13(9-7-12)18-16-19-15(22)14(20-21-16)10-11-4-2-1-3-5-11/h1-9H,10H2,(H2,18,19,21,22). The molecule has 0 aliphatic rings. The molecule has 3 aromatic rings. The molecule has 0 saturated heterocycles. The van der Waals surface area contributed by atoms with Gasteiger partial charge in [-0.2, -0.15) is 0 Å². The second-order valence-corrected chi connectivity index (χ2v) is 5.66. The zero-order valence-electron chi connectivity index (χ0n) is 11.6. The van der Waals surface area contributed by atoms with E-state index in [0.717, 1.165) is 15.7 Å². The Hall–Kier alpha value is -2.47. The smallest absolute Gasteiger partial charge is 0.274 e. The zero-order valence-corrected chi connectivity index (χ0v) is 13.2. The number of hydrogen-bond acceptors (Lipinski definition) is 4. The molecule has 5 nitrogen and oxygen atoms in total. The van der Waals surface area contributed by atoms with Crippen molar-refractivity contribution in [2.24, 2.45) is 0 Å². The fourth-order valence-corrected chi connectivity index (χ4v) is 2.26. The zero-order chi connectivity index (χ0) is 15.4. The van der Waals surface area contributed by atoms with E-state index >= 15 is 0 Å². The molecular weight excluding hydrogens is 344 g/mol. The van der Waals surface area contributed by atoms with Gasteiger partial charge in [-0.3, -0.25) is 9.78 Å². The van der Waals surface area contributed by atoms with Gasteiger partial charge in [-0.1, -0.05) is 46.3 Å². The molecule has 0 spiro atoms. The molecule has 3 rings (SSSR count). The van der Waals surface area contributed by atoms with Gasteiger partial charge in [0.05, 0.1) is 0 Å².